The summed E-state index contributed by atoms with van der Waals surface area (Å²) in [5, 5.41) is 4.11. The molecule has 1 aromatic heterocycles. The van der Waals surface area contributed by atoms with Crippen LogP contribution in [0.2, 0.25) is 0 Å². The zero-order chi connectivity index (χ0) is 24.9. The summed E-state index contributed by atoms with van der Waals surface area (Å²) in [5.41, 5.74) is 4.08. The Bertz CT molecular complexity index is 1180. The van der Waals surface area contributed by atoms with Gasteiger partial charge in [-0.2, -0.15) is 4.98 Å². The Morgan fingerprint density at radius 1 is 0.972 bits per heavy atom. The molecule has 0 aliphatic carbocycles. The molecule has 2 aliphatic heterocycles. The van der Waals surface area contributed by atoms with E-state index in [-0.39, 0.29) is 11.8 Å². The molecule has 2 aromatic carbocycles. The lowest BCUT2D eigenvalue weighted by molar-refractivity contribution is -0.132. The molecule has 3 heterocycles. The van der Waals surface area contributed by atoms with Gasteiger partial charge in [0, 0.05) is 56.8 Å². The molecule has 2 saturated heterocycles. The highest BCUT2D eigenvalue weighted by Crippen LogP contribution is 2.22. The number of benzene rings is 2. The molecule has 0 unspecified atom stereocenters. The van der Waals surface area contributed by atoms with E-state index in [4.69, 9.17) is 4.52 Å². The van der Waals surface area contributed by atoms with Crippen LogP contribution in [0.15, 0.2) is 53.1 Å². The highest BCUT2D eigenvalue weighted by Gasteiger charge is 2.23. The first-order valence-corrected chi connectivity index (χ1v) is 12.8. The van der Waals surface area contributed by atoms with Gasteiger partial charge in [0.25, 0.3) is 0 Å². The van der Waals surface area contributed by atoms with Crippen molar-refractivity contribution in [2.24, 2.45) is 0 Å². The van der Waals surface area contributed by atoms with Crippen molar-refractivity contribution in [2.45, 2.75) is 39.0 Å². The van der Waals surface area contributed by atoms with Crippen LogP contribution in [-0.4, -0.2) is 71.0 Å². The van der Waals surface area contributed by atoms with Gasteiger partial charge in [0.1, 0.15) is 0 Å². The lowest BCUT2D eigenvalue weighted by atomic mass is 10.1. The van der Waals surface area contributed by atoms with E-state index in [0.29, 0.717) is 24.6 Å². The standard InChI is InChI=1S/C28H33N5O3/c1-21-6-10-23(11-7-21)28-29-25(36-30-28)4-2-14-31-16-18-32(19-17-31)27(35)20-22-8-12-24(13-9-22)33-15-3-5-26(33)34/h6-13H,2-5,14-20H2,1H3. The zero-order valence-corrected chi connectivity index (χ0v) is 20.9. The average Bonchev–Trinajstić information content (AvgIpc) is 3.54. The first kappa shape index (κ1) is 24.2. The Kier molecular flexibility index (Phi) is 7.41. The number of hydrogen-bond acceptors (Lipinski definition) is 6. The van der Waals surface area contributed by atoms with E-state index in [1.54, 1.807) is 0 Å². The molecule has 188 valence electrons. The van der Waals surface area contributed by atoms with Gasteiger partial charge in [-0.15, -0.1) is 0 Å². The summed E-state index contributed by atoms with van der Waals surface area (Å²) in [6, 6.07) is 16.0. The Labute approximate surface area is 211 Å². The third-order valence-corrected chi connectivity index (χ3v) is 7.04. The fraction of sp³-hybridized carbons (Fsp3) is 0.429. The van der Waals surface area contributed by atoms with Crippen molar-refractivity contribution in [3.05, 3.63) is 65.5 Å². The van der Waals surface area contributed by atoms with Gasteiger partial charge < -0.3 is 14.3 Å². The number of anilines is 1. The van der Waals surface area contributed by atoms with Crippen molar-refractivity contribution < 1.29 is 14.1 Å². The second-order valence-electron chi connectivity index (χ2n) is 9.70. The topological polar surface area (TPSA) is 82.8 Å². The van der Waals surface area contributed by atoms with E-state index in [1.807, 2.05) is 58.3 Å². The van der Waals surface area contributed by atoms with Gasteiger partial charge in [-0.1, -0.05) is 47.1 Å². The third kappa shape index (κ3) is 5.82. The number of hydrogen-bond donors (Lipinski definition) is 0. The summed E-state index contributed by atoms with van der Waals surface area (Å²) >= 11 is 0. The molecule has 2 aliphatic rings. The SMILES string of the molecule is Cc1ccc(-c2noc(CCCN3CCN(C(=O)Cc4ccc(N5CCCC5=O)cc4)CC3)n2)cc1. The molecule has 8 heteroatoms. The van der Waals surface area contributed by atoms with Gasteiger partial charge in [0.2, 0.25) is 23.5 Å². The molecular formula is C28H33N5O3. The molecular weight excluding hydrogens is 454 g/mol. The number of rotatable bonds is 8. The minimum atomic E-state index is 0.161. The van der Waals surface area contributed by atoms with Gasteiger partial charge in [0.15, 0.2) is 0 Å². The normalized spacial score (nSPS) is 16.6. The maximum atomic E-state index is 12.8. The molecule has 0 N–H and O–H groups in total. The van der Waals surface area contributed by atoms with Crippen LogP contribution < -0.4 is 4.90 Å². The number of aromatic nitrogens is 2. The molecule has 0 atom stereocenters. The van der Waals surface area contributed by atoms with E-state index in [2.05, 4.69) is 22.0 Å². The third-order valence-electron chi connectivity index (χ3n) is 7.04. The molecule has 36 heavy (non-hydrogen) atoms. The van der Waals surface area contributed by atoms with E-state index in [0.717, 1.165) is 75.3 Å². The van der Waals surface area contributed by atoms with Crippen LogP contribution in [0.1, 0.15) is 36.3 Å². The smallest absolute Gasteiger partial charge is 0.227 e. The number of amides is 2. The van der Waals surface area contributed by atoms with Crippen molar-refractivity contribution in [2.75, 3.05) is 44.2 Å². The lowest BCUT2D eigenvalue weighted by Crippen LogP contribution is -2.49. The predicted molar refractivity (Wildman–Crippen MR) is 138 cm³/mol. The number of carbonyl (C=O) groups is 2. The summed E-state index contributed by atoms with van der Waals surface area (Å²) < 4.78 is 5.43. The average molecular weight is 488 g/mol. The lowest BCUT2D eigenvalue weighted by Gasteiger charge is -2.34. The Morgan fingerprint density at radius 2 is 1.72 bits per heavy atom. The largest absolute Gasteiger partial charge is 0.340 e. The van der Waals surface area contributed by atoms with Gasteiger partial charge in [-0.05, 0) is 44.0 Å². The zero-order valence-electron chi connectivity index (χ0n) is 20.9. The monoisotopic (exact) mass is 487 g/mol. The highest BCUT2D eigenvalue weighted by atomic mass is 16.5. The summed E-state index contributed by atoms with van der Waals surface area (Å²) in [7, 11) is 0. The van der Waals surface area contributed by atoms with Crippen molar-refractivity contribution >= 4 is 17.5 Å². The Hall–Kier alpha value is -3.52. The van der Waals surface area contributed by atoms with E-state index in [9.17, 15) is 9.59 Å². The van der Waals surface area contributed by atoms with Crippen LogP contribution in [0.4, 0.5) is 5.69 Å². The molecule has 5 rings (SSSR count). The Morgan fingerprint density at radius 3 is 2.42 bits per heavy atom. The van der Waals surface area contributed by atoms with E-state index in [1.165, 1.54) is 5.56 Å². The maximum absolute atomic E-state index is 12.8. The Balaban J connectivity index is 1.03. The fourth-order valence-corrected chi connectivity index (χ4v) is 4.85. The van der Waals surface area contributed by atoms with E-state index >= 15 is 0 Å². The van der Waals surface area contributed by atoms with Crippen molar-refractivity contribution in [1.29, 1.82) is 0 Å². The molecule has 0 spiro atoms. The predicted octanol–water partition coefficient (Wildman–Crippen LogP) is 3.49. The fourth-order valence-electron chi connectivity index (χ4n) is 4.85. The van der Waals surface area contributed by atoms with Crippen LogP contribution in [0.25, 0.3) is 11.4 Å². The van der Waals surface area contributed by atoms with Crippen LogP contribution in [0.3, 0.4) is 0 Å². The van der Waals surface area contributed by atoms with Crippen LogP contribution in [-0.2, 0) is 22.4 Å². The van der Waals surface area contributed by atoms with Gasteiger partial charge in [-0.3, -0.25) is 14.5 Å². The number of piperazine rings is 1. The first-order valence-electron chi connectivity index (χ1n) is 12.8. The van der Waals surface area contributed by atoms with Crippen LogP contribution in [0, 0.1) is 6.92 Å². The van der Waals surface area contributed by atoms with Crippen molar-refractivity contribution in [3.8, 4) is 11.4 Å². The van der Waals surface area contributed by atoms with Crippen molar-refractivity contribution in [3.63, 3.8) is 0 Å². The molecule has 0 saturated carbocycles. The number of carbonyl (C=O) groups excluding carboxylic acids is 2. The quantitative estimate of drug-likeness (QED) is 0.484. The molecule has 3 aromatic rings. The molecule has 2 amide bonds. The van der Waals surface area contributed by atoms with Gasteiger partial charge >= 0.3 is 0 Å². The maximum Gasteiger partial charge on any atom is 0.227 e. The highest BCUT2D eigenvalue weighted by molar-refractivity contribution is 5.95. The van der Waals surface area contributed by atoms with Gasteiger partial charge in [-0.25, -0.2) is 0 Å². The molecule has 0 radical (unpaired) electrons. The summed E-state index contributed by atoms with van der Waals surface area (Å²) in [5.74, 6) is 1.64. The number of aryl methyl sites for hydroxylation is 2. The summed E-state index contributed by atoms with van der Waals surface area (Å²) in [4.78, 5) is 35.4. The molecule has 2 fully saturated rings. The summed E-state index contributed by atoms with van der Waals surface area (Å²) in [6.45, 7) is 7.03. The first-order chi connectivity index (χ1) is 17.5. The molecule has 0 bridgehead atoms. The second kappa shape index (κ2) is 11.0. The van der Waals surface area contributed by atoms with Gasteiger partial charge in [0.05, 0.1) is 6.42 Å². The minimum Gasteiger partial charge on any atom is -0.340 e. The second-order valence-corrected chi connectivity index (χ2v) is 9.70. The van der Waals surface area contributed by atoms with Crippen LogP contribution in [0.5, 0.6) is 0 Å². The number of nitrogens with zero attached hydrogens (tertiary/aromatic N) is 5. The van der Waals surface area contributed by atoms with Crippen molar-refractivity contribution in [1.82, 2.24) is 19.9 Å². The van der Waals surface area contributed by atoms with E-state index < -0.39 is 0 Å². The minimum absolute atomic E-state index is 0.161. The summed E-state index contributed by atoms with van der Waals surface area (Å²) in [6.07, 6.45) is 3.62. The molecule has 8 nitrogen and oxygen atoms in total. The van der Waals surface area contributed by atoms with Crippen LogP contribution >= 0.6 is 0 Å².